The Bertz CT molecular complexity index is 685. The lowest BCUT2D eigenvalue weighted by Crippen LogP contribution is -2.02. The maximum Gasteiger partial charge on any atom is 0.204 e. The van der Waals surface area contributed by atoms with Gasteiger partial charge in [-0.25, -0.2) is 8.78 Å². The molecule has 1 nitrogen and oxygen atoms in total. The van der Waals surface area contributed by atoms with Crippen molar-refractivity contribution >= 4 is 28.7 Å². The number of hydrogen-bond acceptors (Lipinski definition) is 2. The molecular formula is C16H13ClF2OS. The van der Waals surface area contributed by atoms with E-state index in [1.807, 2.05) is 6.07 Å². The summed E-state index contributed by atoms with van der Waals surface area (Å²) in [6, 6.07) is 3.61. The van der Waals surface area contributed by atoms with E-state index in [-0.39, 0.29) is 16.4 Å². The Morgan fingerprint density at radius 2 is 1.76 bits per heavy atom. The van der Waals surface area contributed by atoms with Crippen molar-refractivity contribution in [2.24, 2.45) is 0 Å². The number of benzene rings is 1. The third kappa shape index (κ3) is 2.87. The van der Waals surface area contributed by atoms with Crippen LogP contribution in [-0.4, -0.2) is 5.78 Å². The molecule has 1 heterocycles. The van der Waals surface area contributed by atoms with Crippen molar-refractivity contribution in [2.75, 3.05) is 0 Å². The zero-order valence-electron chi connectivity index (χ0n) is 11.2. The van der Waals surface area contributed by atoms with Gasteiger partial charge in [-0.1, -0.05) is 18.0 Å². The summed E-state index contributed by atoms with van der Waals surface area (Å²) in [4.78, 5) is 14.3. The minimum absolute atomic E-state index is 0.0203. The fourth-order valence-electron chi connectivity index (χ4n) is 2.61. The van der Waals surface area contributed by atoms with Gasteiger partial charge in [0.25, 0.3) is 0 Å². The van der Waals surface area contributed by atoms with Crippen LogP contribution in [0.5, 0.6) is 0 Å². The van der Waals surface area contributed by atoms with Crippen LogP contribution in [0, 0.1) is 11.6 Å². The number of carbonyl (C=O) groups is 1. The first kappa shape index (κ1) is 14.7. The number of rotatable bonds is 2. The molecule has 110 valence electrons. The smallest absolute Gasteiger partial charge is 0.204 e. The van der Waals surface area contributed by atoms with Gasteiger partial charge in [-0.05, 0) is 49.4 Å². The first-order valence-electron chi connectivity index (χ1n) is 6.87. The molecule has 0 amide bonds. The summed E-state index contributed by atoms with van der Waals surface area (Å²) in [6.45, 7) is 0. The van der Waals surface area contributed by atoms with E-state index in [0.29, 0.717) is 4.88 Å². The van der Waals surface area contributed by atoms with Gasteiger partial charge in [-0.2, -0.15) is 0 Å². The molecule has 0 fully saturated rings. The monoisotopic (exact) mass is 326 g/mol. The molecule has 1 aliphatic rings. The van der Waals surface area contributed by atoms with Crippen molar-refractivity contribution in [2.45, 2.75) is 32.1 Å². The lowest BCUT2D eigenvalue weighted by Gasteiger charge is -2.03. The van der Waals surface area contributed by atoms with Crippen LogP contribution in [0.2, 0.25) is 5.02 Å². The summed E-state index contributed by atoms with van der Waals surface area (Å²) in [7, 11) is 0. The molecule has 0 unspecified atom stereocenters. The maximum atomic E-state index is 13.3. The third-order valence-electron chi connectivity index (χ3n) is 3.72. The molecule has 0 atom stereocenters. The molecule has 0 saturated heterocycles. The molecule has 0 saturated carbocycles. The molecule has 21 heavy (non-hydrogen) atoms. The fraction of sp³-hybridized carbons (Fsp3) is 0.312. The SMILES string of the molecule is O=C(c1cc2c(s1)CCCCC2)c1cc(F)c(F)cc1Cl. The molecule has 0 spiro atoms. The quantitative estimate of drug-likeness (QED) is 0.422. The molecule has 0 aliphatic heterocycles. The number of fused-ring (bicyclic) bond motifs is 1. The fourth-order valence-corrected chi connectivity index (χ4v) is 4.05. The standard InChI is InChI=1S/C16H13ClF2OS/c17-11-8-13(19)12(18)7-10(11)16(20)15-6-9-4-2-1-3-5-14(9)21-15/h6-8H,1-5H2. The highest BCUT2D eigenvalue weighted by atomic mass is 35.5. The van der Waals surface area contributed by atoms with Crippen LogP contribution >= 0.6 is 22.9 Å². The molecule has 1 aromatic heterocycles. The molecule has 2 aromatic rings. The zero-order valence-corrected chi connectivity index (χ0v) is 12.8. The van der Waals surface area contributed by atoms with E-state index in [9.17, 15) is 13.6 Å². The van der Waals surface area contributed by atoms with E-state index < -0.39 is 11.6 Å². The van der Waals surface area contributed by atoms with Crippen LogP contribution in [0.15, 0.2) is 18.2 Å². The summed E-state index contributed by atoms with van der Waals surface area (Å²) < 4.78 is 26.4. The molecule has 0 bridgehead atoms. The topological polar surface area (TPSA) is 17.1 Å². The molecule has 3 rings (SSSR count). The highest BCUT2D eigenvalue weighted by Gasteiger charge is 2.21. The Hall–Kier alpha value is -1.26. The summed E-state index contributed by atoms with van der Waals surface area (Å²) >= 11 is 7.32. The zero-order chi connectivity index (χ0) is 15.0. The lowest BCUT2D eigenvalue weighted by molar-refractivity contribution is 0.104. The van der Waals surface area contributed by atoms with Crippen molar-refractivity contribution in [3.05, 3.63) is 55.7 Å². The first-order valence-corrected chi connectivity index (χ1v) is 8.06. The highest BCUT2D eigenvalue weighted by Crippen LogP contribution is 2.32. The molecule has 0 N–H and O–H groups in total. The van der Waals surface area contributed by atoms with E-state index in [0.717, 1.165) is 37.8 Å². The largest absolute Gasteiger partial charge is 0.288 e. The van der Waals surface area contributed by atoms with Crippen LogP contribution in [0.25, 0.3) is 0 Å². The van der Waals surface area contributed by atoms with E-state index in [1.165, 1.54) is 28.2 Å². The first-order chi connectivity index (χ1) is 10.1. The minimum Gasteiger partial charge on any atom is -0.288 e. The van der Waals surface area contributed by atoms with Gasteiger partial charge in [0.15, 0.2) is 11.6 Å². The van der Waals surface area contributed by atoms with Crippen LogP contribution in [0.1, 0.15) is 44.9 Å². The Morgan fingerprint density at radius 1 is 1.05 bits per heavy atom. The highest BCUT2D eigenvalue weighted by molar-refractivity contribution is 7.14. The summed E-state index contributed by atoms with van der Waals surface area (Å²) in [6.07, 6.45) is 5.43. The minimum atomic E-state index is -1.05. The van der Waals surface area contributed by atoms with E-state index in [1.54, 1.807) is 0 Å². The molecule has 5 heteroatoms. The van der Waals surface area contributed by atoms with Gasteiger partial charge < -0.3 is 0 Å². The van der Waals surface area contributed by atoms with Gasteiger partial charge >= 0.3 is 0 Å². The van der Waals surface area contributed by atoms with Gasteiger partial charge in [0, 0.05) is 10.4 Å². The van der Waals surface area contributed by atoms with Gasteiger partial charge in [-0.3, -0.25) is 4.79 Å². The summed E-state index contributed by atoms with van der Waals surface area (Å²) in [5.74, 6) is -2.43. The van der Waals surface area contributed by atoms with Crippen LogP contribution < -0.4 is 0 Å². The average Bonchev–Trinajstić information content (AvgIpc) is 2.73. The van der Waals surface area contributed by atoms with Crippen molar-refractivity contribution in [3.8, 4) is 0 Å². The van der Waals surface area contributed by atoms with E-state index in [4.69, 9.17) is 11.6 Å². The second kappa shape index (κ2) is 5.85. The van der Waals surface area contributed by atoms with Crippen molar-refractivity contribution < 1.29 is 13.6 Å². The predicted molar refractivity (Wildman–Crippen MR) is 80.4 cm³/mol. The third-order valence-corrected chi connectivity index (χ3v) is 5.27. The number of hydrogen-bond donors (Lipinski definition) is 0. The number of aryl methyl sites for hydroxylation is 2. The second-order valence-electron chi connectivity index (χ2n) is 5.20. The average molecular weight is 327 g/mol. The van der Waals surface area contributed by atoms with Crippen LogP contribution in [0.4, 0.5) is 8.78 Å². The Labute approximate surface area is 130 Å². The maximum absolute atomic E-state index is 13.3. The Morgan fingerprint density at radius 3 is 2.57 bits per heavy atom. The lowest BCUT2D eigenvalue weighted by atomic mass is 10.1. The number of thiophene rings is 1. The van der Waals surface area contributed by atoms with Crippen molar-refractivity contribution in [1.82, 2.24) is 0 Å². The van der Waals surface area contributed by atoms with Crippen molar-refractivity contribution in [3.63, 3.8) is 0 Å². The van der Waals surface area contributed by atoms with Gasteiger partial charge in [-0.15, -0.1) is 11.3 Å². The number of ketones is 1. The van der Waals surface area contributed by atoms with E-state index >= 15 is 0 Å². The van der Waals surface area contributed by atoms with Crippen LogP contribution in [-0.2, 0) is 12.8 Å². The second-order valence-corrected chi connectivity index (χ2v) is 6.74. The predicted octanol–water partition coefficient (Wildman–Crippen LogP) is 5.18. The summed E-state index contributed by atoms with van der Waals surface area (Å²) in [5.41, 5.74) is 1.23. The number of carbonyl (C=O) groups excluding carboxylic acids is 1. The molecule has 1 aliphatic carbocycles. The Kier molecular flexibility index (Phi) is 4.09. The van der Waals surface area contributed by atoms with E-state index in [2.05, 4.69) is 0 Å². The Balaban J connectivity index is 1.97. The number of halogens is 3. The van der Waals surface area contributed by atoms with Gasteiger partial charge in [0.05, 0.1) is 9.90 Å². The molecule has 1 aromatic carbocycles. The van der Waals surface area contributed by atoms with Crippen LogP contribution in [0.3, 0.4) is 0 Å². The normalized spacial score (nSPS) is 14.6. The molecule has 0 radical (unpaired) electrons. The molecular weight excluding hydrogens is 314 g/mol. The van der Waals surface area contributed by atoms with Gasteiger partial charge in [0.2, 0.25) is 5.78 Å². The van der Waals surface area contributed by atoms with Crippen molar-refractivity contribution in [1.29, 1.82) is 0 Å². The summed E-state index contributed by atoms with van der Waals surface area (Å²) in [5, 5.41) is -0.0532. The van der Waals surface area contributed by atoms with Gasteiger partial charge in [0.1, 0.15) is 0 Å².